The Morgan fingerprint density at radius 2 is 1.77 bits per heavy atom. The summed E-state index contributed by atoms with van der Waals surface area (Å²) in [4.78, 5) is 12.5. The molecule has 6 heteroatoms. The van der Waals surface area contributed by atoms with Crippen LogP contribution in [0.2, 0.25) is 0 Å². The molecule has 1 heterocycles. The van der Waals surface area contributed by atoms with Crippen molar-refractivity contribution in [2.45, 2.75) is 65.3 Å². The van der Waals surface area contributed by atoms with Crippen LogP contribution in [0.1, 0.15) is 69.7 Å². The van der Waals surface area contributed by atoms with Crippen LogP contribution in [0.5, 0.6) is 0 Å². The van der Waals surface area contributed by atoms with E-state index in [1.54, 1.807) is 4.68 Å². The van der Waals surface area contributed by atoms with E-state index in [9.17, 15) is 4.79 Å². The van der Waals surface area contributed by atoms with Gasteiger partial charge in [0.05, 0.1) is 11.4 Å². The molecule has 1 amide bonds. The fourth-order valence-corrected chi connectivity index (χ4v) is 2.64. The summed E-state index contributed by atoms with van der Waals surface area (Å²) in [5, 5.41) is 11.2. The lowest BCUT2D eigenvalue weighted by molar-refractivity contribution is 0.0940. The molecular weight excluding hydrogens is 326 g/mol. The van der Waals surface area contributed by atoms with Crippen LogP contribution < -0.4 is 11.1 Å². The van der Waals surface area contributed by atoms with Gasteiger partial charge in [-0.25, -0.2) is 4.68 Å². The molecule has 0 saturated heterocycles. The van der Waals surface area contributed by atoms with Crippen molar-refractivity contribution in [3.63, 3.8) is 0 Å². The van der Waals surface area contributed by atoms with E-state index in [4.69, 9.17) is 5.73 Å². The smallest absolute Gasteiger partial charge is 0.273 e. The molecule has 0 aliphatic rings. The van der Waals surface area contributed by atoms with Gasteiger partial charge in [-0.1, -0.05) is 51.5 Å². The Kier molecular flexibility index (Phi) is 5.86. The predicted molar refractivity (Wildman–Crippen MR) is 105 cm³/mol. The average Bonchev–Trinajstić information content (AvgIpc) is 2.95. The average molecular weight is 358 g/mol. The largest absolute Gasteiger partial charge is 0.349 e. The molecule has 1 aromatic carbocycles. The molecule has 0 fully saturated rings. The summed E-state index contributed by atoms with van der Waals surface area (Å²) in [6.45, 7) is 12.7. The minimum absolute atomic E-state index is 0.0905. The number of carbonyl (C=O) groups excluding carboxylic acids is 1. The lowest BCUT2D eigenvalue weighted by Crippen LogP contribution is -2.45. The number of carbonyl (C=O) groups is 1. The maximum absolute atomic E-state index is 12.5. The number of rotatable bonds is 6. The molecule has 3 N–H and O–H groups in total. The van der Waals surface area contributed by atoms with Crippen molar-refractivity contribution in [3.8, 4) is 5.69 Å². The first-order chi connectivity index (χ1) is 12.0. The Hall–Kier alpha value is -2.21. The predicted octanol–water partition coefficient (Wildman–Crippen LogP) is 2.98. The summed E-state index contributed by atoms with van der Waals surface area (Å²) >= 11 is 0. The second-order valence-corrected chi connectivity index (χ2v) is 8.51. The van der Waals surface area contributed by atoms with Crippen LogP contribution in [0.15, 0.2) is 24.3 Å². The number of benzene rings is 1. The van der Waals surface area contributed by atoms with E-state index in [0.29, 0.717) is 12.2 Å². The van der Waals surface area contributed by atoms with E-state index in [2.05, 4.69) is 55.5 Å². The van der Waals surface area contributed by atoms with Gasteiger partial charge in [-0.2, -0.15) is 0 Å². The molecule has 0 aliphatic carbocycles. The molecular formula is C20H31N5O. The Morgan fingerprint density at radius 3 is 2.27 bits per heavy atom. The SMILES string of the molecule is CCCc1c(C(=O)NCC(C)(C)N)nnn1-c1ccc(C(C)(C)C)cc1. The first kappa shape index (κ1) is 20.1. The second kappa shape index (κ2) is 7.58. The molecule has 0 unspecified atom stereocenters. The molecule has 142 valence electrons. The van der Waals surface area contributed by atoms with Crippen molar-refractivity contribution in [2.24, 2.45) is 5.73 Å². The van der Waals surface area contributed by atoms with Gasteiger partial charge in [0, 0.05) is 12.1 Å². The Morgan fingerprint density at radius 1 is 1.15 bits per heavy atom. The van der Waals surface area contributed by atoms with Crippen LogP contribution in [0.25, 0.3) is 5.69 Å². The van der Waals surface area contributed by atoms with E-state index in [1.165, 1.54) is 5.56 Å². The van der Waals surface area contributed by atoms with Gasteiger partial charge in [0.2, 0.25) is 0 Å². The topological polar surface area (TPSA) is 85.8 Å². The highest BCUT2D eigenvalue weighted by Crippen LogP contribution is 2.24. The number of aromatic nitrogens is 3. The van der Waals surface area contributed by atoms with Gasteiger partial charge in [0.15, 0.2) is 5.69 Å². The van der Waals surface area contributed by atoms with Gasteiger partial charge in [-0.15, -0.1) is 5.10 Å². The third-order valence-electron chi connectivity index (χ3n) is 4.15. The number of nitrogens with two attached hydrogens (primary N) is 1. The van der Waals surface area contributed by atoms with Crippen LogP contribution >= 0.6 is 0 Å². The standard InChI is InChI=1S/C20H31N5O/c1-7-8-16-17(18(26)22-13-20(5,6)21)23-24-25(16)15-11-9-14(10-12-15)19(2,3)4/h9-12H,7-8,13,21H2,1-6H3,(H,22,26). The second-order valence-electron chi connectivity index (χ2n) is 8.51. The summed E-state index contributed by atoms with van der Waals surface area (Å²) in [6.07, 6.45) is 1.62. The Bertz CT molecular complexity index is 748. The number of hydrogen-bond donors (Lipinski definition) is 2. The van der Waals surface area contributed by atoms with Crippen molar-refractivity contribution < 1.29 is 4.79 Å². The van der Waals surface area contributed by atoms with Gasteiger partial charge in [-0.3, -0.25) is 4.79 Å². The zero-order valence-electron chi connectivity index (χ0n) is 16.8. The lowest BCUT2D eigenvalue weighted by atomic mass is 9.87. The van der Waals surface area contributed by atoms with Gasteiger partial charge >= 0.3 is 0 Å². The third-order valence-corrected chi connectivity index (χ3v) is 4.15. The first-order valence-corrected chi connectivity index (χ1v) is 9.15. The molecule has 0 bridgehead atoms. The molecule has 6 nitrogen and oxygen atoms in total. The quantitative estimate of drug-likeness (QED) is 0.832. The van der Waals surface area contributed by atoms with Gasteiger partial charge < -0.3 is 11.1 Å². The zero-order valence-corrected chi connectivity index (χ0v) is 16.8. The highest BCUT2D eigenvalue weighted by atomic mass is 16.2. The monoisotopic (exact) mass is 357 g/mol. The Labute approximate surface area is 156 Å². The van der Waals surface area contributed by atoms with E-state index in [-0.39, 0.29) is 11.3 Å². The molecule has 2 rings (SSSR count). The summed E-state index contributed by atoms with van der Waals surface area (Å²) in [5.74, 6) is -0.232. The third kappa shape index (κ3) is 4.91. The number of hydrogen-bond acceptors (Lipinski definition) is 4. The first-order valence-electron chi connectivity index (χ1n) is 9.15. The fraction of sp³-hybridized carbons (Fsp3) is 0.550. The van der Waals surface area contributed by atoms with E-state index in [1.807, 2.05) is 26.0 Å². The minimum atomic E-state index is -0.473. The lowest BCUT2D eigenvalue weighted by Gasteiger charge is -2.19. The van der Waals surface area contributed by atoms with Crippen molar-refractivity contribution in [1.29, 1.82) is 0 Å². The van der Waals surface area contributed by atoms with Crippen molar-refractivity contribution >= 4 is 5.91 Å². The van der Waals surface area contributed by atoms with Crippen LogP contribution in [-0.2, 0) is 11.8 Å². The molecule has 0 atom stereocenters. The van der Waals surface area contributed by atoms with Crippen LogP contribution in [0.4, 0.5) is 0 Å². The summed E-state index contributed by atoms with van der Waals surface area (Å²) in [6, 6.07) is 8.26. The zero-order chi connectivity index (χ0) is 19.5. The summed E-state index contributed by atoms with van der Waals surface area (Å²) in [7, 11) is 0. The maximum atomic E-state index is 12.5. The molecule has 0 saturated carbocycles. The van der Waals surface area contributed by atoms with Crippen LogP contribution in [-0.4, -0.2) is 33.0 Å². The van der Waals surface area contributed by atoms with Crippen LogP contribution in [0, 0.1) is 0 Å². The normalized spacial score (nSPS) is 12.3. The van der Waals surface area contributed by atoms with Crippen LogP contribution in [0.3, 0.4) is 0 Å². The molecule has 2 aromatic rings. The van der Waals surface area contributed by atoms with Crippen molar-refractivity contribution in [1.82, 2.24) is 20.3 Å². The number of amides is 1. The van der Waals surface area contributed by atoms with Gasteiger partial charge in [0.1, 0.15) is 0 Å². The van der Waals surface area contributed by atoms with Crippen molar-refractivity contribution in [3.05, 3.63) is 41.2 Å². The highest BCUT2D eigenvalue weighted by molar-refractivity contribution is 5.93. The van der Waals surface area contributed by atoms with E-state index >= 15 is 0 Å². The fourth-order valence-electron chi connectivity index (χ4n) is 2.64. The molecule has 0 spiro atoms. The molecule has 26 heavy (non-hydrogen) atoms. The van der Waals surface area contributed by atoms with Gasteiger partial charge in [-0.05, 0) is 43.4 Å². The minimum Gasteiger partial charge on any atom is -0.349 e. The van der Waals surface area contributed by atoms with Crippen molar-refractivity contribution in [2.75, 3.05) is 6.54 Å². The molecule has 0 radical (unpaired) electrons. The Balaban J connectivity index is 2.32. The highest BCUT2D eigenvalue weighted by Gasteiger charge is 2.22. The molecule has 0 aliphatic heterocycles. The summed E-state index contributed by atoms with van der Waals surface area (Å²) < 4.78 is 1.76. The molecule has 1 aromatic heterocycles. The summed E-state index contributed by atoms with van der Waals surface area (Å²) in [5.41, 5.74) is 8.92. The maximum Gasteiger partial charge on any atom is 0.273 e. The van der Waals surface area contributed by atoms with E-state index < -0.39 is 5.54 Å². The number of nitrogens with zero attached hydrogens (tertiary/aromatic N) is 3. The van der Waals surface area contributed by atoms with Gasteiger partial charge in [0.25, 0.3) is 5.91 Å². The van der Waals surface area contributed by atoms with E-state index in [0.717, 1.165) is 24.2 Å². The number of nitrogens with one attached hydrogen (secondary N) is 1.